The first-order valence-corrected chi connectivity index (χ1v) is 21.8. The molecule has 0 spiro atoms. The predicted molar refractivity (Wildman–Crippen MR) is 146 cm³/mol. The zero-order valence-corrected chi connectivity index (χ0v) is 23.4. The van der Waals surface area contributed by atoms with Gasteiger partial charge in [-0.1, -0.05) is 0 Å². The van der Waals surface area contributed by atoms with Gasteiger partial charge in [-0.2, -0.15) is 0 Å². The fourth-order valence-corrected chi connectivity index (χ4v) is 32.9. The van der Waals surface area contributed by atoms with Gasteiger partial charge < -0.3 is 0 Å². The van der Waals surface area contributed by atoms with Crippen LogP contribution in [0.3, 0.4) is 0 Å². The fourth-order valence-electron chi connectivity index (χ4n) is 5.89. The van der Waals surface area contributed by atoms with E-state index in [0.29, 0.717) is 7.25 Å². The van der Waals surface area contributed by atoms with E-state index in [1.807, 2.05) is 0 Å². The van der Waals surface area contributed by atoms with E-state index in [0.717, 1.165) is 0 Å². The molecule has 0 aromatic heterocycles. The van der Waals surface area contributed by atoms with Crippen LogP contribution >= 0.6 is 8.51 Å². The maximum absolute atomic E-state index is 8.24. The van der Waals surface area contributed by atoms with Crippen molar-refractivity contribution >= 4 is 39.8 Å². The maximum atomic E-state index is 8.24. The van der Waals surface area contributed by atoms with E-state index in [4.69, 9.17) is 8.51 Å². The van der Waals surface area contributed by atoms with Crippen LogP contribution in [0.5, 0.6) is 0 Å². The van der Waals surface area contributed by atoms with E-state index in [1.165, 1.54) is 36.4 Å². The van der Waals surface area contributed by atoms with Crippen LogP contribution in [0.2, 0.25) is 3.75 Å². The van der Waals surface area contributed by atoms with Crippen LogP contribution in [0.25, 0.3) is 12.2 Å². The second-order valence-corrected chi connectivity index (χ2v) is 27.1. The monoisotopic (exact) mass is 552 g/mol. The topological polar surface area (TPSA) is 0 Å². The summed E-state index contributed by atoms with van der Waals surface area (Å²) < 4.78 is 1.92. The van der Waals surface area contributed by atoms with Crippen molar-refractivity contribution in [3.63, 3.8) is 0 Å². The number of fused-ring (bicyclic) bond motifs is 2. The summed E-state index contributed by atoms with van der Waals surface area (Å²) in [5.74, 6) is 0. The fraction of sp³-hybridized carbons (Fsp3) is 0.0968. The summed E-state index contributed by atoms with van der Waals surface area (Å²) in [7, 11) is 6.72. The van der Waals surface area contributed by atoms with Gasteiger partial charge in [-0.3, -0.25) is 0 Å². The molecule has 2 aliphatic carbocycles. The summed E-state index contributed by atoms with van der Waals surface area (Å²) in [6, 6.07) is 40.2. The molecule has 6 rings (SSSR count). The Morgan fingerprint density at radius 2 is 0.971 bits per heavy atom. The van der Waals surface area contributed by atoms with Gasteiger partial charge in [0, 0.05) is 0 Å². The van der Waals surface area contributed by atoms with Crippen molar-refractivity contribution in [1.29, 1.82) is 0 Å². The summed E-state index contributed by atoms with van der Waals surface area (Å²) >= 11 is -3.47. The molecular formula is C31H27ClSiZr. The Morgan fingerprint density at radius 3 is 1.44 bits per heavy atom. The molecule has 166 valence electrons. The molecular weight excluding hydrogens is 527 g/mol. The van der Waals surface area contributed by atoms with Crippen LogP contribution in [0.1, 0.15) is 29.5 Å². The Balaban J connectivity index is 1.50. The first-order valence-electron chi connectivity index (χ1n) is 12.1. The minimum atomic E-state index is -3.47. The van der Waals surface area contributed by atoms with Crippen LogP contribution in [0.15, 0.2) is 121 Å². The van der Waals surface area contributed by atoms with Crippen LogP contribution in [0.4, 0.5) is 0 Å². The van der Waals surface area contributed by atoms with Crippen molar-refractivity contribution in [1.82, 2.24) is 0 Å². The molecule has 2 unspecified atom stereocenters. The molecule has 2 atom stereocenters. The molecule has 0 nitrogen and oxygen atoms in total. The summed E-state index contributed by atoms with van der Waals surface area (Å²) in [6.45, 7) is 0. The van der Waals surface area contributed by atoms with Crippen molar-refractivity contribution < 1.29 is 19.1 Å². The third-order valence-electron chi connectivity index (χ3n) is 7.55. The quantitative estimate of drug-likeness (QED) is 0.230. The van der Waals surface area contributed by atoms with Crippen LogP contribution in [0, 0.1) is 0 Å². The van der Waals surface area contributed by atoms with E-state index < -0.39 is 27.9 Å². The van der Waals surface area contributed by atoms with Gasteiger partial charge in [0.15, 0.2) is 0 Å². The normalized spacial score (nSPS) is 19.7. The Bertz CT molecular complexity index is 1260. The molecule has 0 bridgehead atoms. The van der Waals surface area contributed by atoms with Crippen LogP contribution in [-0.2, 0) is 19.1 Å². The molecule has 0 amide bonds. The van der Waals surface area contributed by atoms with Crippen molar-refractivity contribution in [3.8, 4) is 0 Å². The van der Waals surface area contributed by atoms with Crippen molar-refractivity contribution in [2.24, 2.45) is 0 Å². The Kier molecular flexibility index (Phi) is 6.16. The van der Waals surface area contributed by atoms with Crippen molar-refractivity contribution in [2.45, 2.75) is 11.0 Å². The third kappa shape index (κ3) is 3.97. The van der Waals surface area contributed by atoms with Crippen molar-refractivity contribution in [2.75, 3.05) is 0 Å². The van der Waals surface area contributed by atoms with Crippen LogP contribution < -0.4 is 10.4 Å². The van der Waals surface area contributed by atoms with Crippen LogP contribution in [-0.4, -0.2) is 8.80 Å². The summed E-state index contributed by atoms with van der Waals surface area (Å²) in [6.07, 6.45) is 9.54. The number of benzene rings is 4. The van der Waals surface area contributed by atoms with Gasteiger partial charge in [0.2, 0.25) is 0 Å². The summed E-state index contributed by atoms with van der Waals surface area (Å²) in [4.78, 5) is 0. The molecule has 2 aliphatic rings. The van der Waals surface area contributed by atoms with Gasteiger partial charge in [-0.25, -0.2) is 0 Å². The molecule has 34 heavy (non-hydrogen) atoms. The molecule has 0 saturated carbocycles. The zero-order chi connectivity index (χ0) is 23.0. The number of rotatable bonds is 6. The number of halogens is 1. The van der Waals surface area contributed by atoms with Gasteiger partial charge in [0.25, 0.3) is 0 Å². The van der Waals surface area contributed by atoms with Gasteiger partial charge in [0.1, 0.15) is 0 Å². The molecule has 0 aliphatic heterocycles. The molecule has 0 saturated heterocycles. The summed E-state index contributed by atoms with van der Waals surface area (Å²) in [5.41, 5.74) is 5.59. The van der Waals surface area contributed by atoms with Gasteiger partial charge >= 0.3 is 214 Å². The molecule has 0 N–H and O–H groups in total. The van der Waals surface area contributed by atoms with E-state index in [2.05, 4.69) is 133 Å². The van der Waals surface area contributed by atoms with E-state index in [9.17, 15) is 0 Å². The third-order valence-corrected chi connectivity index (χ3v) is 31.7. The van der Waals surface area contributed by atoms with E-state index in [1.54, 1.807) is 0 Å². The molecule has 3 heteroatoms. The predicted octanol–water partition coefficient (Wildman–Crippen LogP) is 6.83. The molecule has 0 radical (unpaired) electrons. The first kappa shape index (κ1) is 22.2. The standard InChI is InChI=1S/C13H13Si.2C9H7.ClH.Zr/c1-14(12-8-4-2-5-9-12)13-10-6-3-7-11-13;2*1-2-5-9-7-3-6-8(9)4-1;;/h2-11,14H,1H2;2*1-7H;1H;/q;;;;+1/p-1. The number of hydrogen-bond acceptors (Lipinski definition) is 0. The zero-order valence-electron chi connectivity index (χ0n) is 19.0. The first-order chi connectivity index (χ1) is 16.7. The average molecular weight is 554 g/mol. The van der Waals surface area contributed by atoms with Gasteiger partial charge in [0.05, 0.1) is 0 Å². The average Bonchev–Trinajstić information content (AvgIpc) is 3.54. The second kappa shape index (κ2) is 9.42. The molecule has 0 fully saturated rings. The van der Waals surface area contributed by atoms with Crippen molar-refractivity contribution in [3.05, 3.63) is 144 Å². The summed E-state index contributed by atoms with van der Waals surface area (Å²) in [5, 5.41) is 3.00. The molecule has 0 heterocycles. The van der Waals surface area contributed by atoms with Gasteiger partial charge in [-0.05, 0) is 0 Å². The number of hydrogen-bond donors (Lipinski definition) is 0. The van der Waals surface area contributed by atoms with E-state index >= 15 is 0 Å². The van der Waals surface area contributed by atoms with E-state index in [-0.39, 0.29) is 0 Å². The molecule has 4 aromatic rings. The second-order valence-electron chi connectivity index (χ2n) is 9.44. The Morgan fingerprint density at radius 1 is 0.559 bits per heavy atom. The number of allylic oxidation sites excluding steroid dienone is 2. The Hall–Kier alpha value is -2.25. The van der Waals surface area contributed by atoms with Gasteiger partial charge in [-0.15, -0.1) is 0 Å². The molecule has 4 aromatic carbocycles. The minimum absolute atomic E-state index is 0.371. The SMILES string of the molecule is [Cl][Zr]([CH2][SiH](c1ccccc1)c1ccccc1)([CH]1C=Cc2ccccc21)[CH]1C=Cc2ccccc21. The Labute approximate surface area is 212 Å².